The molecule has 0 bridgehead atoms. The number of aromatic nitrogens is 2. The second-order valence-electron chi connectivity index (χ2n) is 5.19. The number of hydrogen-bond acceptors (Lipinski definition) is 5. The molecule has 28 heavy (non-hydrogen) atoms. The fourth-order valence-corrected chi connectivity index (χ4v) is 2.28. The first-order valence-electron chi connectivity index (χ1n) is 9.65. The highest BCUT2D eigenvalue weighted by molar-refractivity contribution is 5.68. The first-order valence-corrected chi connectivity index (χ1v) is 9.65. The van der Waals surface area contributed by atoms with Crippen molar-refractivity contribution in [2.24, 2.45) is 0 Å². The molecule has 0 saturated carbocycles. The Morgan fingerprint density at radius 2 is 1.89 bits per heavy atom. The van der Waals surface area contributed by atoms with Crippen molar-refractivity contribution in [1.82, 2.24) is 10.1 Å². The van der Waals surface area contributed by atoms with Crippen LogP contribution in [0, 0.1) is 13.8 Å². The van der Waals surface area contributed by atoms with Crippen molar-refractivity contribution >= 4 is 0 Å². The van der Waals surface area contributed by atoms with Gasteiger partial charge in [0.1, 0.15) is 12.4 Å². The van der Waals surface area contributed by atoms with Gasteiger partial charge in [0.15, 0.2) is 5.75 Å². The molecule has 0 aliphatic rings. The van der Waals surface area contributed by atoms with E-state index in [1.807, 2.05) is 72.8 Å². The molecule has 0 radical (unpaired) electrons. The predicted octanol–water partition coefficient (Wildman–Crippen LogP) is 6.48. The van der Waals surface area contributed by atoms with Crippen molar-refractivity contribution in [2.45, 2.75) is 48.5 Å². The van der Waals surface area contributed by atoms with Gasteiger partial charge in [-0.2, -0.15) is 0 Å². The van der Waals surface area contributed by atoms with Gasteiger partial charge in [0.25, 0.3) is 5.88 Å². The summed E-state index contributed by atoms with van der Waals surface area (Å²) in [6.45, 7) is 17.9. The number of aryl methyl sites for hydroxylation is 2. The summed E-state index contributed by atoms with van der Waals surface area (Å²) >= 11 is 0. The maximum absolute atomic E-state index is 5.88. The molecule has 0 atom stereocenters. The van der Waals surface area contributed by atoms with E-state index in [0.29, 0.717) is 18.2 Å². The second-order valence-corrected chi connectivity index (χ2v) is 5.19. The Kier molecular flexibility index (Phi) is 12.8. The lowest BCUT2D eigenvalue weighted by Crippen LogP contribution is -2.02. The first kappa shape index (κ1) is 25.2. The van der Waals surface area contributed by atoms with Crippen LogP contribution in [-0.4, -0.2) is 23.9 Å². The largest absolute Gasteiger partial charge is 0.483 e. The Morgan fingerprint density at radius 1 is 1.21 bits per heavy atom. The van der Waals surface area contributed by atoms with Gasteiger partial charge in [-0.3, -0.25) is 0 Å². The van der Waals surface area contributed by atoms with Gasteiger partial charge in [0.05, 0.1) is 12.8 Å². The molecule has 2 heterocycles. The minimum absolute atomic E-state index is 0.372. The molecule has 0 N–H and O–H groups in total. The zero-order chi connectivity index (χ0) is 21.5. The molecule has 0 aliphatic carbocycles. The quantitative estimate of drug-likeness (QED) is 0.510. The van der Waals surface area contributed by atoms with E-state index in [1.54, 1.807) is 19.4 Å². The van der Waals surface area contributed by atoms with Crippen molar-refractivity contribution in [3.05, 3.63) is 60.2 Å². The third-order valence-electron chi connectivity index (χ3n) is 3.49. The Bertz CT molecular complexity index is 755. The van der Waals surface area contributed by atoms with Crippen molar-refractivity contribution in [3.63, 3.8) is 0 Å². The van der Waals surface area contributed by atoms with Crippen LogP contribution in [0.1, 0.15) is 46.1 Å². The van der Waals surface area contributed by atoms with Crippen LogP contribution < -0.4 is 9.47 Å². The van der Waals surface area contributed by atoms with Crippen LogP contribution in [0.25, 0.3) is 11.1 Å². The summed E-state index contributed by atoms with van der Waals surface area (Å²) in [7, 11) is 1.56. The number of methoxy groups -OCH3 is 1. The van der Waals surface area contributed by atoms with Gasteiger partial charge in [-0.1, -0.05) is 63.7 Å². The molecule has 2 aromatic rings. The van der Waals surface area contributed by atoms with E-state index in [1.165, 1.54) is 0 Å². The third kappa shape index (κ3) is 7.06. The Morgan fingerprint density at radius 3 is 2.39 bits per heavy atom. The summed E-state index contributed by atoms with van der Waals surface area (Å²) in [5, 5.41) is 3.98. The molecular formula is C23H34N2O3. The van der Waals surface area contributed by atoms with Crippen LogP contribution in [-0.2, 0) is 0 Å². The normalized spacial score (nSPS) is 10.5. The molecule has 0 unspecified atom stereocenters. The van der Waals surface area contributed by atoms with E-state index in [9.17, 15) is 0 Å². The standard InChI is InChI=1S/C19H22N2O3.2C2H6/c1-6-8-9-15(7-2)12-23-17-10-16(11-20-19(17)22-5)18-13(3)21-24-14(18)4;2*1-2/h6-11H,2,12H2,1,3-5H3;2*1-2H3/b8-6-,15-9+;;. The van der Waals surface area contributed by atoms with Crippen molar-refractivity contribution in [2.75, 3.05) is 13.7 Å². The summed E-state index contributed by atoms with van der Waals surface area (Å²) in [4.78, 5) is 4.33. The molecule has 0 spiro atoms. The van der Waals surface area contributed by atoms with Gasteiger partial charge in [0.2, 0.25) is 0 Å². The lowest BCUT2D eigenvalue weighted by atomic mass is 10.1. The average Bonchev–Trinajstić information content (AvgIpc) is 3.09. The van der Waals surface area contributed by atoms with Crippen LogP contribution in [0.3, 0.4) is 0 Å². The van der Waals surface area contributed by atoms with E-state index < -0.39 is 0 Å². The highest BCUT2D eigenvalue weighted by Gasteiger charge is 2.15. The smallest absolute Gasteiger partial charge is 0.256 e. The van der Waals surface area contributed by atoms with E-state index in [2.05, 4.69) is 16.7 Å². The molecule has 0 aromatic carbocycles. The number of nitrogens with zero attached hydrogens (tertiary/aromatic N) is 2. The lowest BCUT2D eigenvalue weighted by Gasteiger charge is -2.11. The zero-order valence-corrected chi connectivity index (χ0v) is 18.5. The number of ether oxygens (including phenoxy) is 2. The number of hydrogen-bond donors (Lipinski definition) is 0. The summed E-state index contributed by atoms with van der Waals surface area (Å²) in [6, 6.07) is 1.88. The Labute approximate surface area is 169 Å². The van der Waals surface area contributed by atoms with E-state index >= 15 is 0 Å². The SMILES string of the molecule is C=C/C(=C\C=C/C)COc1cc(-c2c(C)noc2C)cnc1OC.CC.CC. The number of rotatable bonds is 7. The van der Waals surface area contributed by atoms with Crippen molar-refractivity contribution < 1.29 is 14.0 Å². The van der Waals surface area contributed by atoms with E-state index in [0.717, 1.165) is 28.2 Å². The van der Waals surface area contributed by atoms with E-state index in [-0.39, 0.29) is 0 Å². The number of pyridine rings is 1. The lowest BCUT2D eigenvalue weighted by molar-refractivity contribution is 0.314. The Balaban J connectivity index is 0.00000171. The predicted molar refractivity (Wildman–Crippen MR) is 117 cm³/mol. The molecule has 2 rings (SSSR count). The van der Waals surface area contributed by atoms with Crippen LogP contribution in [0.2, 0.25) is 0 Å². The van der Waals surface area contributed by atoms with Gasteiger partial charge in [-0.05, 0) is 32.4 Å². The van der Waals surface area contributed by atoms with Gasteiger partial charge in [-0.25, -0.2) is 4.98 Å². The molecule has 154 valence electrons. The molecule has 0 fully saturated rings. The van der Waals surface area contributed by atoms with Crippen LogP contribution >= 0.6 is 0 Å². The summed E-state index contributed by atoms with van der Waals surface area (Å²) < 4.78 is 16.4. The first-order chi connectivity index (χ1) is 13.6. The fourth-order valence-electron chi connectivity index (χ4n) is 2.28. The summed E-state index contributed by atoms with van der Waals surface area (Å²) in [6.07, 6.45) is 9.32. The summed E-state index contributed by atoms with van der Waals surface area (Å²) in [5.74, 6) is 1.73. The second kappa shape index (κ2) is 14.3. The van der Waals surface area contributed by atoms with Gasteiger partial charge in [0, 0.05) is 17.3 Å². The van der Waals surface area contributed by atoms with Crippen LogP contribution in [0.4, 0.5) is 0 Å². The minimum atomic E-state index is 0.372. The maximum atomic E-state index is 5.88. The monoisotopic (exact) mass is 386 g/mol. The van der Waals surface area contributed by atoms with E-state index in [4.69, 9.17) is 14.0 Å². The van der Waals surface area contributed by atoms with Gasteiger partial charge < -0.3 is 14.0 Å². The molecule has 0 saturated heterocycles. The minimum Gasteiger partial charge on any atom is -0.483 e. The van der Waals surface area contributed by atoms with Gasteiger partial charge >= 0.3 is 0 Å². The molecule has 5 nitrogen and oxygen atoms in total. The molecular weight excluding hydrogens is 352 g/mol. The van der Waals surface area contributed by atoms with Crippen molar-refractivity contribution in [3.8, 4) is 22.8 Å². The highest BCUT2D eigenvalue weighted by atomic mass is 16.5. The molecule has 2 aromatic heterocycles. The zero-order valence-electron chi connectivity index (χ0n) is 18.5. The molecule has 5 heteroatoms. The van der Waals surface area contributed by atoms with Crippen molar-refractivity contribution in [1.29, 1.82) is 0 Å². The van der Waals surface area contributed by atoms with Crippen LogP contribution in [0.5, 0.6) is 11.6 Å². The van der Waals surface area contributed by atoms with Gasteiger partial charge in [-0.15, -0.1) is 0 Å². The highest BCUT2D eigenvalue weighted by Crippen LogP contribution is 2.33. The fraction of sp³-hybridized carbons (Fsp3) is 0.391. The van der Waals surface area contributed by atoms with Crippen LogP contribution in [0.15, 0.2) is 53.2 Å². The summed E-state index contributed by atoms with van der Waals surface area (Å²) in [5.41, 5.74) is 3.56. The Hall–Kier alpha value is -2.82. The topological polar surface area (TPSA) is 57.4 Å². The molecule has 0 aliphatic heterocycles. The molecule has 0 amide bonds. The average molecular weight is 387 g/mol. The number of allylic oxidation sites excluding steroid dienone is 3. The third-order valence-corrected chi connectivity index (χ3v) is 3.49. The maximum Gasteiger partial charge on any atom is 0.256 e.